The highest BCUT2D eigenvalue weighted by molar-refractivity contribution is 5.77. The van der Waals surface area contributed by atoms with E-state index in [0.29, 0.717) is 29.1 Å². The van der Waals surface area contributed by atoms with E-state index in [0.717, 1.165) is 44.8 Å². The maximum Gasteiger partial charge on any atom is 0.319 e. The number of nitrogens with zero attached hydrogens (tertiary/aromatic N) is 4. The number of carbonyl (C=O) groups is 2. The van der Waals surface area contributed by atoms with E-state index in [9.17, 15) is 14.9 Å². The van der Waals surface area contributed by atoms with Crippen LogP contribution in [0, 0.1) is 39.9 Å². The molecule has 146 valence electrons. The molecule has 3 unspecified atom stereocenters. The zero-order valence-corrected chi connectivity index (χ0v) is 16.5. The number of hydrogen-bond donors (Lipinski definition) is 0. The summed E-state index contributed by atoms with van der Waals surface area (Å²) in [5.41, 5.74) is 0.931. The highest BCUT2D eigenvalue weighted by Crippen LogP contribution is 2.94. The minimum Gasteiger partial charge on any atom is -0.331 e. The molecule has 3 saturated carbocycles. The Morgan fingerprint density at radius 1 is 1.19 bits per heavy atom. The number of rotatable bonds is 3. The molecule has 6 heteroatoms. The van der Waals surface area contributed by atoms with Crippen molar-refractivity contribution >= 4 is 11.9 Å². The quantitative estimate of drug-likeness (QED) is 0.766. The summed E-state index contributed by atoms with van der Waals surface area (Å²) in [5, 5.41) is 9.21. The van der Waals surface area contributed by atoms with E-state index in [1.165, 1.54) is 19.3 Å². The number of carbonyl (C=O) groups excluding carboxylic acids is 2. The van der Waals surface area contributed by atoms with Gasteiger partial charge in [0, 0.05) is 40.2 Å². The Hall–Kier alpha value is -1.77. The number of hydrogen-bond acceptors (Lipinski definition) is 3. The molecular formula is C21H30N4O2. The Balaban J connectivity index is 1.16. The smallest absolute Gasteiger partial charge is 0.319 e. The van der Waals surface area contributed by atoms with Gasteiger partial charge in [0.2, 0.25) is 5.91 Å². The second-order valence-corrected chi connectivity index (χ2v) is 9.95. The van der Waals surface area contributed by atoms with Crippen LogP contribution < -0.4 is 0 Å². The molecular weight excluding hydrogens is 340 g/mol. The van der Waals surface area contributed by atoms with Gasteiger partial charge in [-0.15, -0.1) is 0 Å². The lowest BCUT2D eigenvalue weighted by Gasteiger charge is -2.27. The van der Waals surface area contributed by atoms with Crippen molar-refractivity contribution in [1.29, 1.82) is 5.26 Å². The first-order valence-corrected chi connectivity index (χ1v) is 10.6. The van der Waals surface area contributed by atoms with Gasteiger partial charge < -0.3 is 14.7 Å². The fourth-order valence-electron chi connectivity index (χ4n) is 7.16. The molecule has 3 amide bonds. The third-order valence-corrected chi connectivity index (χ3v) is 8.64. The Kier molecular flexibility index (Phi) is 3.61. The Labute approximate surface area is 161 Å². The van der Waals surface area contributed by atoms with Crippen LogP contribution in [0.4, 0.5) is 4.79 Å². The molecule has 2 aliphatic heterocycles. The van der Waals surface area contributed by atoms with Gasteiger partial charge in [0.05, 0.1) is 6.07 Å². The first kappa shape index (κ1) is 17.3. The summed E-state index contributed by atoms with van der Waals surface area (Å²) in [6.45, 7) is 2.60. The predicted molar refractivity (Wildman–Crippen MR) is 99.4 cm³/mol. The summed E-state index contributed by atoms with van der Waals surface area (Å²) in [7, 11) is 3.66. The second kappa shape index (κ2) is 5.62. The van der Waals surface area contributed by atoms with Crippen molar-refractivity contribution in [3.63, 3.8) is 0 Å². The maximum absolute atomic E-state index is 12.6. The second-order valence-electron chi connectivity index (χ2n) is 9.95. The fourth-order valence-corrected chi connectivity index (χ4v) is 7.16. The molecule has 6 nitrogen and oxygen atoms in total. The van der Waals surface area contributed by atoms with Gasteiger partial charge in [-0.1, -0.05) is 0 Å². The van der Waals surface area contributed by atoms with E-state index in [1.807, 2.05) is 23.9 Å². The summed E-state index contributed by atoms with van der Waals surface area (Å²) >= 11 is 0. The molecule has 0 radical (unpaired) electrons. The van der Waals surface area contributed by atoms with Crippen molar-refractivity contribution in [2.75, 3.05) is 33.7 Å². The average molecular weight is 370 g/mol. The number of likely N-dealkylation sites (tertiary alicyclic amines) is 2. The topological polar surface area (TPSA) is 67.7 Å². The number of fused-ring (bicyclic) bond motifs is 4. The molecule has 1 spiro atoms. The van der Waals surface area contributed by atoms with Crippen molar-refractivity contribution < 1.29 is 9.59 Å². The van der Waals surface area contributed by atoms with E-state index in [1.54, 1.807) is 4.90 Å². The normalized spacial score (nSPS) is 43.4. The van der Waals surface area contributed by atoms with Crippen molar-refractivity contribution in [3.05, 3.63) is 0 Å². The average Bonchev–Trinajstić information content (AvgIpc) is 3.16. The zero-order chi connectivity index (χ0) is 19.0. The standard InChI is InChI=1S/C21H30N4O2/c1-23(2)19(27)24-12-14-8-21(9-15(14)13-24)17-10-20(17,21)6-5-18(26)25-7-3-4-16(25)11-22/h14-17H,3-10,12-13H2,1-2H3/t14-,15+,16-,17?,20?,21?/m0/s1. The van der Waals surface area contributed by atoms with Crippen molar-refractivity contribution in [1.82, 2.24) is 14.7 Å². The number of amides is 3. The lowest BCUT2D eigenvalue weighted by Crippen LogP contribution is -2.38. The Bertz CT molecular complexity index is 714. The molecule has 6 atom stereocenters. The monoisotopic (exact) mass is 370 g/mol. The van der Waals surface area contributed by atoms with E-state index in [4.69, 9.17) is 0 Å². The molecule has 5 fully saturated rings. The minimum absolute atomic E-state index is 0.150. The molecule has 3 aliphatic carbocycles. The summed E-state index contributed by atoms with van der Waals surface area (Å²) in [4.78, 5) is 30.4. The largest absolute Gasteiger partial charge is 0.331 e. The van der Waals surface area contributed by atoms with Gasteiger partial charge in [-0.25, -0.2) is 4.79 Å². The van der Waals surface area contributed by atoms with Crippen LogP contribution in [0.3, 0.4) is 0 Å². The molecule has 27 heavy (non-hydrogen) atoms. The van der Waals surface area contributed by atoms with Crippen LogP contribution in [0.15, 0.2) is 0 Å². The van der Waals surface area contributed by atoms with E-state index >= 15 is 0 Å². The van der Waals surface area contributed by atoms with Gasteiger partial charge in [0.1, 0.15) is 6.04 Å². The highest BCUT2D eigenvalue weighted by atomic mass is 16.2. The minimum atomic E-state index is -0.191. The molecule has 0 aromatic heterocycles. The number of urea groups is 1. The van der Waals surface area contributed by atoms with Crippen LogP contribution in [0.2, 0.25) is 0 Å². The Morgan fingerprint density at radius 3 is 2.48 bits per heavy atom. The van der Waals surface area contributed by atoms with Crippen molar-refractivity contribution in [2.45, 2.75) is 51.0 Å². The van der Waals surface area contributed by atoms with Crippen molar-refractivity contribution in [2.24, 2.45) is 28.6 Å². The van der Waals surface area contributed by atoms with Gasteiger partial charge in [-0.05, 0) is 67.1 Å². The third kappa shape index (κ3) is 2.30. The Morgan fingerprint density at radius 2 is 1.89 bits per heavy atom. The summed E-state index contributed by atoms with van der Waals surface area (Å²) in [6, 6.07) is 2.24. The highest BCUT2D eigenvalue weighted by Gasteiger charge is 2.88. The van der Waals surface area contributed by atoms with E-state index < -0.39 is 0 Å². The molecule has 2 heterocycles. The van der Waals surface area contributed by atoms with Gasteiger partial charge in [-0.3, -0.25) is 4.79 Å². The molecule has 5 rings (SSSR count). The molecule has 0 bridgehead atoms. The summed E-state index contributed by atoms with van der Waals surface area (Å²) in [5.74, 6) is 2.36. The maximum atomic E-state index is 12.6. The third-order valence-electron chi connectivity index (χ3n) is 8.64. The van der Waals surface area contributed by atoms with E-state index in [-0.39, 0.29) is 18.0 Å². The van der Waals surface area contributed by atoms with Gasteiger partial charge >= 0.3 is 6.03 Å². The van der Waals surface area contributed by atoms with Crippen LogP contribution in [0.1, 0.15) is 44.9 Å². The number of nitriles is 1. The van der Waals surface area contributed by atoms with Gasteiger partial charge in [0.25, 0.3) is 0 Å². The lowest BCUT2D eigenvalue weighted by atomic mass is 9.82. The summed E-state index contributed by atoms with van der Waals surface area (Å²) in [6.07, 6.45) is 7.28. The molecule has 5 aliphatic rings. The molecule has 0 aromatic rings. The summed E-state index contributed by atoms with van der Waals surface area (Å²) < 4.78 is 0. The molecule has 0 aromatic carbocycles. The van der Waals surface area contributed by atoms with Gasteiger partial charge in [-0.2, -0.15) is 5.26 Å². The van der Waals surface area contributed by atoms with Crippen LogP contribution in [-0.4, -0.2) is 66.4 Å². The zero-order valence-electron chi connectivity index (χ0n) is 16.5. The lowest BCUT2D eigenvalue weighted by molar-refractivity contribution is -0.131. The first-order valence-electron chi connectivity index (χ1n) is 10.6. The van der Waals surface area contributed by atoms with Crippen LogP contribution in [0.5, 0.6) is 0 Å². The first-order chi connectivity index (χ1) is 12.9. The molecule has 0 N–H and O–H groups in total. The SMILES string of the molecule is CN(C)C(=O)N1C[C@@H]2CC3(C[C@@H]2C1)C1CC13CCC(=O)N1CCC[C@H]1C#N. The molecule has 2 saturated heterocycles. The van der Waals surface area contributed by atoms with Crippen molar-refractivity contribution in [3.8, 4) is 6.07 Å². The van der Waals surface area contributed by atoms with Crippen LogP contribution >= 0.6 is 0 Å². The van der Waals surface area contributed by atoms with E-state index in [2.05, 4.69) is 6.07 Å². The van der Waals surface area contributed by atoms with Crippen LogP contribution in [-0.2, 0) is 4.79 Å². The fraction of sp³-hybridized carbons (Fsp3) is 0.857. The van der Waals surface area contributed by atoms with Crippen LogP contribution in [0.25, 0.3) is 0 Å². The predicted octanol–water partition coefficient (Wildman–Crippen LogP) is 2.31. The van der Waals surface area contributed by atoms with Gasteiger partial charge in [0.15, 0.2) is 0 Å².